The highest BCUT2D eigenvalue weighted by atomic mass is 35.5. The summed E-state index contributed by atoms with van der Waals surface area (Å²) in [6.45, 7) is 4.81. The van der Waals surface area contributed by atoms with E-state index in [1.807, 2.05) is 43.3 Å². The molecule has 0 spiro atoms. The van der Waals surface area contributed by atoms with E-state index >= 15 is 0 Å². The Labute approximate surface area is 220 Å². The van der Waals surface area contributed by atoms with Crippen molar-refractivity contribution in [3.63, 3.8) is 0 Å². The van der Waals surface area contributed by atoms with E-state index in [-0.39, 0.29) is 43.1 Å². The van der Waals surface area contributed by atoms with Gasteiger partial charge in [0, 0.05) is 36.6 Å². The van der Waals surface area contributed by atoms with Gasteiger partial charge in [0.05, 0.1) is 12.4 Å². The fraction of sp³-hybridized carbons (Fsp3) is 0.423. The minimum Gasteiger partial charge on any atom is -0.384 e. The molecule has 190 valence electrons. The van der Waals surface area contributed by atoms with Gasteiger partial charge in [0.25, 0.3) is 0 Å². The SMILES string of the molecule is CC(=N)N1CCC(c2ccc(NC(=O)CN(CC3CC3)c3cccc(C(=N)N)c3)cc2)CC1.Cl.Cl. The Bertz CT molecular complexity index is 1020. The summed E-state index contributed by atoms with van der Waals surface area (Å²) in [4.78, 5) is 17.1. The zero-order valence-corrected chi connectivity index (χ0v) is 21.8. The third-order valence-electron chi connectivity index (χ3n) is 6.67. The molecule has 1 heterocycles. The Kier molecular flexibility index (Phi) is 10.4. The van der Waals surface area contributed by atoms with Gasteiger partial charge in [0.15, 0.2) is 0 Å². The van der Waals surface area contributed by atoms with Crippen molar-refractivity contribution in [2.75, 3.05) is 36.4 Å². The Balaban J connectivity index is 0.00000216. The molecule has 2 aromatic carbocycles. The zero-order chi connectivity index (χ0) is 23.4. The van der Waals surface area contributed by atoms with Gasteiger partial charge in [-0.2, -0.15) is 0 Å². The lowest BCUT2D eigenvalue weighted by Crippen LogP contribution is -2.36. The van der Waals surface area contributed by atoms with E-state index in [1.54, 1.807) is 0 Å². The van der Waals surface area contributed by atoms with Crippen molar-refractivity contribution < 1.29 is 4.79 Å². The molecule has 1 saturated carbocycles. The van der Waals surface area contributed by atoms with Crippen LogP contribution in [0.3, 0.4) is 0 Å². The number of amides is 1. The molecular weight excluding hydrogens is 483 g/mol. The summed E-state index contributed by atoms with van der Waals surface area (Å²) in [6, 6.07) is 15.8. The summed E-state index contributed by atoms with van der Waals surface area (Å²) in [5.41, 5.74) is 9.36. The first-order valence-corrected chi connectivity index (χ1v) is 11.8. The van der Waals surface area contributed by atoms with Crippen LogP contribution >= 0.6 is 24.8 Å². The van der Waals surface area contributed by atoms with Crippen LogP contribution in [0.1, 0.15) is 49.7 Å². The first-order chi connectivity index (χ1) is 15.9. The Hall–Kier alpha value is -2.77. The van der Waals surface area contributed by atoms with E-state index in [2.05, 4.69) is 27.2 Å². The number of nitrogens with two attached hydrogens (primary N) is 1. The highest BCUT2D eigenvalue weighted by molar-refractivity contribution is 5.97. The summed E-state index contributed by atoms with van der Waals surface area (Å²) in [6.07, 6.45) is 4.50. The lowest BCUT2D eigenvalue weighted by atomic mass is 9.89. The molecule has 0 unspecified atom stereocenters. The molecule has 35 heavy (non-hydrogen) atoms. The first kappa shape index (κ1) is 28.5. The number of piperidine rings is 1. The number of hydrogen-bond donors (Lipinski definition) is 4. The number of hydrogen-bond acceptors (Lipinski definition) is 4. The third kappa shape index (κ3) is 7.87. The minimum atomic E-state index is -0.0496. The molecule has 9 heteroatoms. The topological polar surface area (TPSA) is 109 Å². The van der Waals surface area contributed by atoms with Gasteiger partial charge < -0.3 is 20.9 Å². The molecule has 1 saturated heterocycles. The van der Waals surface area contributed by atoms with E-state index < -0.39 is 0 Å². The lowest BCUT2D eigenvalue weighted by molar-refractivity contribution is -0.115. The van der Waals surface area contributed by atoms with Crippen LogP contribution < -0.4 is 16.0 Å². The number of amidine groups is 2. The number of nitrogen functional groups attached to an aromatic ring is 1. The summed E-state index contributed by atoms with van der Waals surface area (Å²) in [5.74, 6) is 1.77. The molecule has 2 aliphatic rings. The third-order valence-corrected chi connectivity index (χ3v) is 6.67. The predicted molar refractivity (Wildman–Crippen MR) is 149 cm³/mol. The number of anilines is 2. The van der Waals surface area contributed by atoms with Gasteiger partial charge in [-0.25, -0.2) is 0 Å². The largest absolute Gasteiger partial charge is 0.384 e. The number of benzene rings is 2. The van der Waals surface area contributed by atoms with Crippen molar-refractivity contribution >= 4 is 53.8 Å². The average Bonchev–Trinajstić information content (AvgIpc) is 3.63. The van der Waals surface area contributed by atoms with Crippen molar-refractivity contribution in [2.24, 2.45) is 11.7 Å². The molecule has 7 nitrogen and oxygen atoms in total. The second kappa shape index (κ2) is 12.8. The van der Waals surface area contributed by atoms with Crippen LogP contribution in [0.15, 0.2) is 48.5 Å². The molecule has 4 rings (SSSR count). The van der Waals surface area contributed by atoms with Gasteiger partial charge in [-0.3, -0.25) is 15.6 Å². The monoisotopic (exact) mass is 518 g/mol. The predicted octanol–water partition coefficient (Wildman–Crippen LogP) is 4.85. The fourth-order valence-electron chi connectivity index (χ4n) is 4.50. The Morgan fingerprint density at radius 2 is 1.71 bits per heavy atom. The van der Waals surface area contributed by atoms with E-state index in [1.165, 1.54) is 18.4 Å². The molecule has 1 aliphatic heterocycles. The average molecular weight is 520 g/mol. The molecule has 0 atom stereocenters. The van der Waals surface area contributed by atoms with Crippen molar-refractivity contribution in [2.45, 2.75) is 38.5 Å². The number of likely N-dealkylation sites (tertiary alicyclic amines) is 1. The highest BCUT2D eigenvalue weighted by Crippen LogP contribution is 2.32. The maximum Gasteiger partial charge on any atom is 0.243 e. The lowest BCUT2D eigenvalue weighted by Gasteiger charge is -2.33. The zero-order valence-electron chi connectivity index (χ0n) is 20.1. The molecule has 0 radical (unpaired) electrons. The molecular formula is C26H36Cl2N6O. The Morgan fingerprint density at radius 3 is 2.29 bits per heavy atom. The second-order valence-corrected chi connectivity index (χ2v) is 9.30. The Morgan fingerprint density at radius 1 is 1.06 bits per heavy atom. The van der Waals surface area contributed by atoms with E-state index in [9.17, 15) is 4.79 Å². The van der Waals surface area contributed by atoms with Crippen LogP contribution in [0.25, 0.3) is 0 Å². The van der Waals surface area contributed by atoms with Crippen LogP contribution in [-0.4, -0.2) is 48.7 Å². The van der Waals surface area contributed by atoms with E-state index in [4.69, 9.17) is 16.6 Å². The van der Waals surface area contributed by atoms with Gasteiger partial charge in [-0.1, -0.05) is 24.3 Å². The van der Waals surface area contributed by atoms with Gasteiger partial charge in [0.2, 0.25) is 5.91 Å². The minimum absolute atomic E-state index is 0. The second-order valence-electron chi connectivity index (χ2n) is 9.30. The van der Waals surface area contributed by atoms with Crippen molar-refractivity contribution in [1.82, 2.24) is 4.90 Å². The van der Waals surface area contributed by atoms with Gasteiger partial charge in [-0.15, -0.1) is 24.8 Å². The van der Waals surface area contributed by atoms with Crippen molar-refractivity contribution in [1.29, 1.82) is 10.8 Å². The molecule has 0 bridgehead atoms. The van der Waals surface area contributed by atoms with Crippen LogP contribution in [0.5, 0.6) is 0 Å². The number of rotatable bonds is 8. The highest BCUT2D eigenvalue weighted by Gasteiger charge is 2.26. The molecule has 2 aromatic rings. The summed E-state index contributed by atoms with van der Waals surface area (Å²) >= 11 is 0. The molecule has 2 fully saturated rings. The maximum atomic E-state index is 12.9. The maximum absolute atomic E-state index is 12.9. The molecule has 1 amide bonds. The number of halogens is 2. The van der Waals surface area contributed by atoms with Crippen molar-refractivity contribution in [3.8, 4) is 0 Å². The van der Waals surface area contributed by atoms with Gasteiger partial charge in [0.1, 0.15) is 5.84 Å². The fourth-order valence-corrected chi connectivity index (χ4v) is 4.50. The van der Waals surface area contributed by atoms with E-state index in [0.29, 0.717) is 23.2 Å². The number of nitrogens with zero attached hydrogens (tertiary/aromatic N) is 2. The number of nitrogens with one attached hydrogen (secondary N) is 3. The van der Waals surface area contributed by atoms with Crippen LogP contribution in [0.4, 0.5) is 11.4 Å². The number of carbonyl (C=O) groups excluding carboxylic acids is 1. The normalized spacial score (nSPS) is 15.4. The van der Waals surface area contributed by atoms with Crippen LogP contribution in [0.2, 0.25) is 0 Å². The number of carbonyl (C=O) groups is 1. The quantitative estimate of drug-likeness (QED) is 0.295. The first-order valence-electron chi connectivity index (χ1n) is 11.8. The molecule has 5 N–H and O–H groups in total. The summed E-state index contributed by atoms with van der Waals surface area (Å²) < 4.78 is 0. The smallest absolute Gasteiger partial charge is 0.243 e. The summed E-state index contributed by atoms with van der Waals surface area (Å²) in [7, 11) is 0. The van der Waals surface area contributed by atoms with Gasteiger partial charge in [-0.05, 0) is 74.3 Å². The molecule has 1 aliphatic carbocycles. The standard InChI is InChI=1S/C26H34N6O.2ClH/c1-18(27)31-13-11-21(12-14-31)20-7-9-23(10-8-20)30-25(33)17-32(16-19-5-6-19)24-4-2-3-22(15-24)26(28)29;;/h2-4,7-10,15,19,21,27H,5-6,11-14,16-17H2,1H3,(H3,28,29)(H,30,33);2*1H. The van der Waals surface area contributed by atoms with Gasteiger partial charge >= 0.3 is 0 Å². The molecule has 0 aromatic heterocycles. The summed E-state index contributed by atoms with van der Waals surface area (Å²) in [5, 5.41) is 18.5. The van der Waals surface area contributed by atoms with Crippen LogP contribution in [0, 0.1) is 16.7 Å². The van der Waals surface area contributed by atoms with Crippen molar-refractivity contribution in [3.05, 3.63) is 59.7 Å². The van der Waals surface area contributed by atoms with Crippen LogP contribution in [-0.2, 0) is 4.79 Å². The van der Waals surface area contributed by atoms with E-state index in [0.717, 1.165) is 43.9 Å².